The number of halogens is 4. The topological polar surface area (TPSA) is 66.5 Å². The van der Waals surface area contributed by atoms with Crippen molar-refractivity contribution in [3.8, 4) is 11.5 Å². The van der Waals surface area contributed by atoms with Crippen molar-refractivity contribution in [3.63, 3.8) is 0 Å². The summed E-state index contributed by atoms with van der Waals surface area (Å²) >= 11 is 0. The van der Waals surface area contributed by atoms with Crippen LogP contribution in [0.4, 0.5) is 13.2 Å². The van der Waals surface area contributed by atoms with E-state index >= 15 is 0 Å². The SMILES string of the molecule is Cl.N[C@@H](CCC(F)(F)F)c1cccc(O)c1O. The van der Waals surface area contributed by atoms with E-state index in [-0.39, 0.29) is 30.1 Å². The number of nitrogens with two attached hydrogens (primary N) is 1. The average molecular weight is 272 g/mol. The Balaban J connectivity index is 0.00000256. The Morgan fingerprint density at radius 3 is 2.35 bits per heavy atom. The van der Waals surface area contributed by atoms with Crippen LogP contribution in [0, 0.1) is 0 Å². The molecule has 0 saturated heterocycles. The first-order valence-corrected chi connectivity index (χ1v) is 4.64. The van der Waals surface area contributed by atoms with Gasteiger partial charge in [0.1, 0.15) is 0 Å². The summed E-state index contributed by atoms with van der Waals surface area (Å²) in [5, 5.41) is 18.5. The van der Waals surface area contributed by atoms with E-state index in [9.17, 15) is 18.3 Å². The van der Waals surface area contributed by atoms with Gasteiger partial charge in [-0.1, -0.05) is 12.1 Å². The zero-order valence-electron chi connectivity index (χ0n) is 8.74. The monoisotopic (exact) mass is 271 g/mol. The van der Waals surface area contributed by atoms with Crippen LogP contribution in [0.1, 0.15) is 24.4 Å². The van der Waals surface area contributed by atoms with E-state index in [2.05, 4.69) is 0 Å². The van der Waals surface area contributed by atoms with Gasteiger partial charge in [-0.15, -0.1) is 12.4 Å². The number of rotatable bonds is 3. The van der Waals surface area contributed by atoms with Crippen LogP contribution in [0.3, 0.4) is 0 Å². The summed E-state index contributed by atoms with van der Waals surface area (Å²) in [4.78, 5) is 0. The van der Waals surface area contributed by atoms with Gasteiger partial charge in [-0.3, -0.25) is 0 Å². The number of phenolic OH excluding ortho intramolecular Hbond substituents is 2. The van der Waals surface area contributed by atoms with E-state index in [0.717, 1.165) is 0 Å². The summed E-state index contributed by atoms with van der Waals surface area (Å²) in [5.74, 6) is -0.850. The van der Waals surface area contributed by atoms with Crippen LogP contribution in [-0.2, 0) is 0 Å². The third-order valence-corrected chi connectivity index (χ3v) is 2.18. The van der Waals surface area contributed by atoms with E-state index in [1.807, 2.05) is 0 Å². The Morgan fingerprint density at radius 2 is 1.82 bits per heavy atom. The van der Waals surface area contributed by atoms with Crippen molar-refractivity contribution >= 4 is 12.4 Å². The van der Waals surface area contributed by atoms with Gasteiger partial charge in [-0.25, -0.2) is 0 Å². The van der Waals surface area contributed by atoms with Gasteiger partial charge < -0.3 is 15.9 Å². The van der Waals surface area contributed by atoms with Gasteiger partial charge in [0.2, 0.25) is 0 Å². The maximum Gasteiger partial charge on any atom is 0.389 e. The second kappa shape index (κ2) is 5.97. The van der Waals surface area contributed by atoms with Gasteiger partial charge in [0.15, 0.2) is 11.5 Å². The number of para-hydroxylation sites is 1. The summed E-state index contributed by atoms with van der Waals surface area (Å²) < 4.78 is 35.8. The molecule has 1 rings (SSSR count). The number of phenols is 2. The molecule has 0 heterocycles. The molecule has 0 amide bonds. The smallest absolute Gasteiger partial charge is 0.389 e. The molecule has 0 aliphatic heterocycles. The first-order valence-electron chi connectivity index (χ1n) is 4.64. The highest BCUT2D eigenvalue weighted by molar-refractivity contribution is 5.85. The van der Waals surface area contributed by atoms with Gasteiger partial charge in [-0.2, -0.15) is 13.2 Å². The number of aromatic hydroxyl groups is 2. The van der Waals surface area contributed by atoms with Crippen molar-refractivity contribution in [2.75, 3.05) is 0 Å². The minimum Gasteiger partial charge on any atom is -0.504 e. The molecule has 4 N–H and O–H groups in total. The van der Waals surface area contributed by atoms with Crippen LogP contribution >= 0.6 is 12.4 Å². The zero-order chi connectivity index (χ0) is 12.3. The van der Waals surface area contributed by atoms with Crippen LogP contribution in [0.2, 0.25) is 0 Å². The quantitative estimate of drug-likeness (QED) is 0.741. The Labute approximate surface area is 102 Å². The molecule has 1 atom stereocenters. The molecule has 17 heavy (non-hydrogen) atoms. The fourth-order valence-electron chi connectivity index (χ4n) is 1.32. The maximum absolute atomic E-state index is 11.9. The fourth-order valence-corrected chi connectivity index (χ4v) is 1.32. The Bertz CT molecular complexity index is 371. The third kappa shape index (κ3) is 4.70. The van der Waals surface area contributed by atoms with E-state index < -0.39 is 24.4 Å². The van der Waals surface area contributed by atoms with Crippen molar-refractivity contribution in [2.45, 2.75) is 25.1 Å². The molecular formula is C10H13ClF3NO2. The predicted molar refractivity (Wildman–Crippen MR) is 59.2 cm³/mol. The minimum atomic E-state index is -4.27. The summed E-state index contributed by atoms with van der Waals surface area (Å²) in [6.07, 6.45) is -5.63. The van der Waals surface area contributed by atoms with Gasteiger partial charge in [-0.05, 0) is 12.5 Å². The van der Waals surface area contributed by atoms with E-state index in [4.69, 9.17) is 10.8 Å². The van der Waals surface area contributed by atoms with Crippen LogP contribution in [0.25, 0.3) is 0 Å². The van der Waals surface area contributed by atoms with Crippen LogP contribution < -0.4 is 5.73 Å². The summed E-state index contributed by atoms with van der Waals surface area (Å²) in [6.45, 7) is 0. The Morgan fingerprint density at radius 1 is 1.24 bits per heavy atom. The molecule has 98 valence electrons. The average Bonchev–Trinajstić information content (AvgIpc) is 2.17. The van der Waals surface area contributed by atoms with Crippen LogP contribution in [0.15, 0.2) is 18.2 Å². The number of hydrogen-bond donors (Lipinski definition) is 3. The van der Waals surface area contributed by atoms with Crippen molar-refractivity contribution in [3.05, 3.63) is 23.8 Å². The van der Waals surface area contributed by atoms with Crippen molar-refractivity contribution in [2.24, 2.45) is 5.73 Å². The molecule has 0 saturated carbocycles. The summed E-state index contributed by atoms with van der Waals surface area (Å²) in [6, 6.07) is 3.08. The fraction of sp³-hybridized carbons (Fsp3) is 0.400. The first kappa shape index (κ1) is 15.9. The second-order valence-electron chi connectivity index (χ2n) is 3.48. The van der Waals surface area contributed by atoms with Crippen molar-refractivity contribution in [1.29, 1.82) is 0 Å². The number of benzene rings is 1. The van der Waals surface area contributed by atoms with Crippen LogP contribution in [0.5, 0.6) is 11.5 Å². The Kier molecular flexibility index (Phi) is 5.57. The molecule has 0 radical (unpaired) electrons. The van der Waals surface area contributed by atoms with Gasteiger partial charge >= 0.3 is 6.18 Å². The molecule has 0 aliphatic carbocycles. The molecular weight excluding hydrogens is 259 g/mol. The molecule has 1 aromatic rings. The second-order valence-corrected chi connectivity index (χ2v) is 3.48. The van der Waals surface area contributed by atoms with Gasteiger partial charge in [0.25, 0.3) is 0 Å². The molecule has 1 aromatic carbocycles. The molecule has 0 spiro atoms. The maximum atomic E-state index is 11.9. The van der Waals surface area contributed by atoms with Crippen molar-refractivity contribution in [1.82, 2.24) is 0 Å². The molecule has 0 bridgehead atoms. The molecule has 0 unspecified atom stereocenters. The molecule has 3 nitrogen and oxygen atoms in total. The largest absolute Gasteiger partial charge is 0.504 e. The lowest BCUT2D eigenvalue weighted by Crippen LogP contribution is -2.15. The highest BCUT2D eigenvalue weighted by Crippen LogP contribution is 2.34. The highest BCUT2D eigenvalue weighted by Gasteiger charge is 2.28. The van der Waals surface area contributed by atoms with E-state index in [1.54, 1.807) is 0 Å². The highest BCUT2D eigenvalue weighted by atomic mass is 35.5. The molecule has 0 aliphatic rings. The van der Waals surface area contributed by atoms with Gasteiger partial charge in [0, 0.05) is 18.0 Å². The molecule has 7 heteroatoms. The minimum absolute atomic E-state index is 0. The third-order valence-electron chi connectivity index (χ3n) is 2.18. The van der Waals surface area contributed by atoms with Crippen molar-refractivity contribution < 1.29 is 23.4 Å². The predicted octanol–water partition coefficient (Wildman–Crippen LogP) is 2.86. The summed E-state index contributed by atoms with van der Waals surface area (Å²) in [7, 11) is 0. The summed E-state index contributed by atoms with van der Waals surface area (Å²) in [5.41, 5.74) is 5.62. The van der Waals surface area contributed by atoms with Crippen LogP contribution in [-0.4, -0.2) is 16.4 Å². The van der Waals surface area contributed by atoms with E-state index in [1.165, 1.54) is 18.2 Å². The Hall–Kier alpha value is -1.14. The lowest BCUT2D eigenvalue weighted by atomic mass is 10.0. The molecule has 0 aromatic heterocycles. The molecule has 0 fully saturated rings. The lowest BCUT2D eigenvalue weighted by molar-refractivity contribution is -0.136. The lowest BCUT2D eigenvalue weighted by Gasteiger charge is -2.15. The zero-order valence-corrected chi connectivity index (χ0v) is 9.55. The normalized spacial score (nSPS) is 12.9. The van der Waals surface area contributed by atoms with Gasteiger partial charge in [0.05, 0.1) is 0 Å². The first-order chi connectivity index (χ1) is 7.31. The standard InChI is InChI=1S/C10H12F3NO2.ClH/c11-10(12,13)5-4-7(14)6-2-1-3-8(15)9(6)16;/h1-3,7,15-16H,4-5,14H2;1H/t7-;/m0./s1. The van der Waals surface area contributed by atoms with E-state index in [0.29, 0.717) is 0 Å². The number of alkyl halides is 3. The number of hydrogen-bond acceptors (Lipinski definition) is 3.